The van der Waals surface area contributed by atoms with Gasteiger partial charge in [0.1, 0.15) is 11.6 Å². The second-order valence-electron chi connectivity index (χ2n) is 4.57. The Morgan fingerprint density at radius 3 is 2.59 bits per heavy atom. The SMILES string of the molecule is O=[N+]([O-])c1cc2c(cc1CNc1ccc(F)cc1F)OCO2. The van der Waals surface area contributed by atoms with Gasteiger partial charge in [-0.25, -0.2) is 8.78 Å². The monoisotopic (exact) mass is 308 g/mol. The van der Waals surface area contributed by atoms with Gasteiger partial charge >= 0.3 is 0 Å². The fourth-order valence-corrected chi connectivity index (χ4v) is 2.11. The summed E-state index contributed by atoms with van der Waals surface area (Å²) in [5.41, 5.74) is 0.186. The Balaban J connectivity index is 1.87. The number of nitrogens with one attached hydrogen (secondary N) is 1. The first-order chi connectivity index (χ1) is 10.5. The molecule has 0 unspecified atom stereocenters. The molecule has 0 amide bonds. The molecule has 2 aromatic rings. The number of fused-ring (bicyclic) bond motifs is 1. The lowest BCUT2D eigenvalue weighted by molar-refractivity contribution is -0.385. The summed E-state index contributed by atoms with van der Waals surface area (Å²) < 4.78 is 36.7. The van der Waals surface area contributed by atoms with E-state index in [9.17, 15) is 18.9 Å². The van der Waals surface area contributed by atoms with E-state index in [1.54, 1.807) is 0 Å². The van der Waals surface area contributed by atoms with Gasteiger partial charge in [0.25, 0.3) is 5.69 Å². The zero-order valence-electron chi connectivity index (χ0n) is 11.1. The lowest BCUT2D eigenvalue weighted by Gasteiger charge is -2.09. The molecule has 0 bridgehead atoms. The highest BCUT2D eigenvalue weighted by Crippen LogP contribution is 2.38. The van der Waals surface area contributed by atoms with E-state index in [1.165, 1.54) is 18.2 Å². The lowest BCUT2D eigenvalue weighted by Crippen LogP contribution is -2.05. The molecule has 6 nitrogen and oxygen atoms in total. The van der Waals surface area contributed by atoms with Crippen molar-refractivity contribution >= 4 is 11.4 Å². The van der Waals surface area contributed by atoms with Gasteiger partial charge in [-0.05, 0) is 18.2 Å². The molecule has 114 valence electrons. The van der Waals surface area contributed by atoms with Gasteiger partial charge in [-0.3, -0.25) is 10.1 Å². The molecule has 0 radical (unpaired) electrons. The fourth-order valence-electron chi connectivity index (χ4n) is 2.11. The van der Waals surface area contributed by atoms with Crippen LogP contribution in [-0.4, -0.2) is 11.7 Å². The maximum atomic E-state index is 13.6. The topological polar surface area (TPSA) is 73.6 Å². The molecule has 0 spiro atoms. The van der Waals surface area contributed by atoms with Crippen LogP contribution in [0.5, 0.6) is 11.5 Å². The minimum Gasteiger partial charge on any atom is -0.454 e. The lowest BCUT2D eigenvalue weighted by atomic mass is 10.1. The van der Waals surface area contributed by atoms with Crippen LogP contribution in [0.3, 0.4) is 0 Å². The zero-order valence-corrected chi connectivity index (χ0v) is 11.1. The van der Waals surface area contributed by atoms with Crippen LogP contribution in [0.25, 0.3) is 0 Å². The standard InChI is InChI=1S/C14H10F2N2O4/c15-9-1-2-11(10(16)4-9)17-6-8-3-13-14(22-7-21-13)5-12(8)18(19)20/h1-5,17H,6-7H2. The van der Waals surface area contributed by atoms with Crippen molar-refractivity contribution in [2.75, 3.05) is 12.1 Å². The molecule has 0 saturated heterocycles. The van der Waals surface area contributed by atoms with E-state index in [0.717, 1.165) is 12.1 Å². The van der Waals surface area contributed by atoms with Crippen molar-refractivity contribution in [3.05, 3.63) is 57.6 Å². The van der Waals surface area contributed by atoms with Crippen molar-refractivity contribution in [1.29, 1.82) is 0 Å². The highest BCUT2D eigenvalue weighted by Gasteiger charge is 2.23. The Morgan fingerprint density at radius 2 is 1.91 bits per heavy atom. The highest BCUT2D eigenvalue weighted by atomic mass is 19.1. The van der Waals surface area contributed by atoms with Crippen LogP contribution < -0.4 is 14.8 Å². The minimum atomic E-state index is -0.775. The second-order valence-corrected chi connectivity index (χ2v) is 4.57. The van der Waals surface area contributed by atoms with Crippen LogP contribution in [0.15, 0.2) is 30.3 Å². The minimum absolute atomic E-state index is 0.00401. The molecule has 1 heterocycles. The molecule has 22 heavy (non-hydrogen) atoms. The Bertz CT molecular complexity index is 752. The van der Waals surface area contributed by atoms with Crippen LogP contribution in [0.2, 0.25) is 0 Å². The van der Waals surface area contributed by atoms with E-state index >= 15 is 0 Å². The van der Waals surface area contributed by atoms with Gasteiger partial charge in [-0.1, -0.05) is 0 Å². The molecule has 0 aliphatic carbocycles. The third-order valence-corrected chi connectivity index (χ3v) is 3.17. The summed E-state index contributed by atoms with van der Waals surface area (Å²) in [5, 5.41) is 13.8. The van der Waals surface area contributed by atoms with E-state index in [0.29, 0.717) is 17.1 Å². The third-order valence-electron chi connectivity index (χ3n) is 3.17. The second kappa shape index (κ2) is 5.47. The van der Waals surface area contributed by atoms with E-state index < -0.39 is 16.6 Å². The molecular weight excluding hydrogens is 298 g/mol. The number of rotatable bonds is 4. The predicted octanol–water partition coefficient (Wildman–Crippen LogP) is 3.21. The maximum Gasteiger partial charge on any atom is 0.278 e. The summed E-state index contributed by atoms with van der Waals surface area (Å²) in [5.74, 6) is -0.786. The average Bonchev–Trinajstić information content (AvgIpc) is 2.92. The van der Waals surface area contributed by atoms with Crippen molar-refractivity contribution in [3.8, 4) is 11.5 Å². The summed E-state index contributed by atoms with van der Waals surface area (Å²) >= 11 is 0. The molecule has 8 heteroatoms. The van der Waals surface area contributed by atoms with E-state index in [2.05, 4.69) is 5.32 Å². The van der Waals surface area contributed by atoms with Gasteiger partial charge in [0, 0.05) is 12.6 Å². The number of ether oxygens (including phenoxy) is 2. The molecule has 0 saturated carbocycles. The van der Waals surface area contributed by atoms with Gasteiger partial charge in [0.05, 0.1) is 22.2 Å². The summed E-state index contributed by atoms with van der Waals surface area (Å²) in [4.78, 5) is 10.5. The number of halogens is 2. The molecule has 0 fully saturated rings. The van der Waals surface area contributed by atoms with E-state index in [-0.39, 0.29) is 24.7 Å². The number of nitro benzene ring substituents is 1. The van der Waals surface area contributed by atoms with Gasteiger partial charge in [-0.2, -0.15) is 0 Å². The maximum absolute atomic E-state index is 13.6. The van der Waals surface area contributed by atoms with E-state index in [1.807, 2.05) is 0 Å². The highest BCUT2D eigenvalue weighted by molar-refractivity contribution is 5.56. The number of benzene rings is 2. The van der Waals surface area contributed by atoms with Crippen LogP contribution >= 0.6 is 0 Å². The quantitative estimate of drug-likeness (QED) is 0.693. The number of hydrogen-bond donors (Lipinski definition) is 1. The van der Waals surface area contributed by atoms with Crippen molar-refractivity contribution < 1.29 is 23.2 Å². The zero-order chi connectivity index (χ0) is 15.7. The first-order valence-corrected chi connectivity index (χ1v) is 6.30. The molecule has 3 rings (SSSR count). The molecule has 1 aliphatic rings. The summed E-state index contributed by atoms with van der Waals surface area (Å²) in [7, 11) is 0. The Labute approximate surface area is 123 Å². The number of anilines is 1. The van der Waals surface area contributed by atoms with Crippen LogP contribution in [0.4, 0.5) is 20.2 Å². The Hall–Kier alpha value is -2.90. The molecule has 2 aromatic carbocycles. The molecular formula is C14H10F2N2O4. The Morgan fingerprint density at radius 1 is 1.18 bits per heavy atom. The van der Waals surface area contributed by atoms with Crippen LogP contribution in [0, 0.1) is 21.7 Å². The van der Waals surface area contributed by atoms with Gasteiger partial charge < -0.3 is 14.8 Å². The number of hydrogen-bond acceptors (Lipinski definition) is 5. The number of nitro groups is 1. The first-order valence-electron chi connectivity index (χ1n) is 6.30. The van der Waals surface area contributed by atoms with Crippen LogP contribution in [0.1, 0.15) is 5.56 Å². The predicted molar refractivity (Wildman–Crippen MR) is 72.9 cm³/mol. The first kappa shape index (κ1) is 14.1. The van der Waals surface area contributed by atoms with E-state index in [4.69, 9.17) is 9.47 Å². The van der Waals surface area contributed by atoms with Crippen LogP contribution in [-0.2, 0) is 6.54 Å². The fraction of sp³-hybridized carbons (Fsp3) is 0.143. The van der Waals surface area contributed by atoms with Crippen molar-refractivity contribution in [2.45, 2.75) is 6.54 Å². The van der Waals surface area contributed by atoms with Crippen molar-refractivity contribution in [1.82, 2.24) is 0 Å². The molecule has 0 aromatic heterocycles. The molecule has 1 aliphatic heterocycles. The average molecular weight is 308 g/mol. The summed E-state index contributed by atoms with van der Waals surface area (Å²) in [6.45, 7) is -0.0224. The largest absolute Gasteiger partial charge is 0.454 e. The summed E-state index contributed by atoms with van der Waals surface area (Å²) in [6, 6.07) is 5.79. The third kappa shape index (κ3) is 2.62. The smallest absolute Gasteiger partial charge is 0.278 e. The Kier molecular flexibility index (Phi) is 3.50. The van der Waals surface area contributed by atoms with Crippen molar-refractivity contribution in [2.24, 2.45) is 0 Å². The molecule has 0 atom stereocenters. The van der Waals surface area contributed by atoms with Gasteiger partial charge in [0.15, 0.2) is 11.5 Å². The van der Waals surface area contributed by atoms with Crippen molar-refractivity contribution in [3.63, 3.8) is 0 Å². The normalized spacial score (nSPS) is 12.3. The number of nitrogens with zero attached hydrogens (tertiary/aromatic N) is 1. The van der Waals surface area contributed by atoms with Gasteiger partial charge in [-0.15, -0.1) is 0 Å². The molecule has 1 N–H and O–H groups in total. The van der Waals surface area contributed by atoms with Gasteiger partial charge in [0.2, 0.25) is 6.79 Å². The summed E-state index contributed by atoms with van der Waals surface area (Å²) in [6.07, 6.45) is 0.